The van der Waals surface area contributed by atoms with E-state index in [-0.39, 0.29) is 6.61 Å². The van der Waals surface area contributed by atoms with Crippen molar-refractivity contribution < 1.29 is 5.11 Å². The molecule has 1 aromatic rings. The van der Waals surface area contributed by atoms with Crippen LogP contribution in [0.5, 0.6) is 0 Å². The van der Waals surface area contributed by atoms with E-state index in [0.717, 1.165) is 11.3 Å². The topological polar surface area (TPSA) is 32.8 Å². The van der Waals surface area contributed by atoms with Crippen LogP contribution in [0.4, 0.5) is 0 Å². The lowest BCUT2D eigenvalue weighted by atomic mass is 10.2. The molecule has 0 saturated heterocycles. The van der Waals surface area contributed by atoms with Crippen LogP contribution in [0.3, 0.4) is 0 Å². The van der Waals surface area contributed by atoms with E-state index in [9.17, 15) is 5.11 Å². The van der Waals surface area contributed by atoms with Crippen LogP contribution in [0.2, 0.25) is 0 Å². The minimum absolute atomic E-state index is 0.221. The zero-order chi connectivity index (χ0) is 7.56. The fraction of sp³-hybridized carbons (Fsp3) is 0.375. The highest BCUT2D eigenvalue weighted by molar-refractivity contribution is 5.19. The maximum atomic E-state index is 10.3. The van der Waals surface area contributed by atoms with Crippen LogP contribution >= 0.6 is 0 Å². The molecule has 0 aliphatic carbocycles. The number of aromatic nitrogens is 1. The predicted octanol–water partition coefficient (Wildman–Crippen LogP) is 1.63. The summed E-state index contributed by atoms with van der Waals surface area (Å²) in [6, 6.07) is 3.70. The molecule has 1 radical (unpaired) electrons. The molecule has 0 N–H and O–H groups in total. The summed E-state index contributed by atoms with van der Waals surface area (Å²) < 4.78 is 0. The van der Waals surface area contributed by atoms with E-state index in [2.05, 4.69) is 4.98 Å². The zero-order valence-corrected chi connectivity index (χ0v) is 6.22. The summed E-state index contributed by atoms with van der Waals surface area (Å²) in [7, 11) is 0. The standard InChI is InChI=1S/C8H10NO/c1-6-3-4-8(5-10)9-7(6)2/h3-4H,5H2,1-2H3. The first-order valence-corrected chi connectivity index (χ1v) is 3.25. The normalized spacial score (nSPS) is 9.90. The summed E-state index contributed by atoms with van der Waals surface area (Å²) in [5, 5.41) is 10.3. The maximum Gasteiger partial charge on any atom is 0.124 e. The van der Waals surface area contributed by atoms with Crippen LogP contribution < -0.4 is 0 Å². The Morgan fingerprint density at radius 2 is 2.10 bits per heavy atom. The number of hydrogen-bond donors (Lipinski definition) is 0. The lowest BCUT2D eigenvalue weighted by Crippen LogP contribution is -1.92. The molecule has 0 aromatic carbocycles. The van der Waals surface area contributed by atoms with Gasteiger partial charge < -0.3 is 0 Å². The molecular formula is C8H10NO. The third kappa shape index (κ3) is 1.33. The van der Waals surface area contributed by atoms with Crippen molar-refractivity contribution in [3.05, 3.63) is 29.1 Å². The first-order valence-electron chi connectivity index (χ1n) is 3.25. The van der Waals surface area contributed by atoms with Gasteiger partial charge in [-0.15, -0.1) is 0 Å². The van der Waals surface area contributed by atoms with E-state index in [0.29, 0.717) is 5.69 Å². The SMILES string of the molecule is Cc1ccc(C[O])nc1C. The second-order valence-electron chi connectivity index (χ2n) is 2.35. The highest BCUT2D eigenvalue weighted by Crippen LogP contribution is 2.04. The number of pyridine rings is 1. The van der Waals surface area contributed by atoms with Gasteiger partial charge in [0, 0.05) is 5.69 Å². The molecule has 2 nitrogen and oxygen atoms in total. The smallest absolute Gasteiger partial charge is 0.124 e. The third-order valence-corrected chi connectivity index (χ3v) is 1.56. The van der Waals surface area contributed by atoms with E-state index in [1.54, 1.807) is 6.07 Å². The van der Waals surface area contributed by atoms with Crippen LogP contribution in [0.15, 0.2) is 12.1 Å². The summed E-state index contributed by atoms with van der Waals surface area (Å²) in [5.74, 6) is 0. The van der Waals surface area contributed by atoms with E-state index in [1.807, 2.05) is 19.9 Å². The molecule has 1 rings (SSSR count). The first-order chi connectivity index (χ1) is 4.74. The molecule has 1 heterocycles. The van der Waals surface area contributed by atoms with E-state index in [1.165, 1.54) is 0 Å². The average molecular weight is 136 g/mol. The molecule has 53 valence electrons. The molecule has 1 aromatic heterocycles. The van der Waals surface area contributed by atoms with Crippen LogP contribution in [-0.4, -0.2) is 4.98 Å². The number of hydrogen-bond acceptors (Lipinski definition) is 1. The Bertz CT molecular complexity index is 233. The number of aryl methyl sites for hydroxylation is 2. The molecule has 0 aliphatic rings. The lowest BCUT2D eigenvalue weighted by molar-refractivity contribution is 0.173. The molecule has 0 fully saturated rings. The Kier molecular flexibility index (Phi) is 2.02. The monoisotopic (exact) mass is 136 g/mol. The summed E-state index contributed by atoms with van der Waals surface area (Å²) in [6.45, 7) is 3.67. The second-order valence-corrected chi connectivity index (χ2v) is 2.35. The molecule has 10 heavy (non-hydrogen) atoms. The van der Waals surface area contributed by atoms with Gasteiger partial charge in [0.1, 0.15) is 6.61 Å². The molecule has 0 bridgehead atoms. The van der Waals surface area contributed by atoms with Crippen molar-refractivity contribution in [3.8, 4) is 0 Å². The van der Waals surface area contributed by atoms with Gasteiger partial charge in [0.05, 0.1) is 5.69 Å². The molecule has 0 unspecified atom stereocenters. The fourth-order valence-corrected chi connectivity index (χ4v) is 0.763. The van der Waals surface area contributed by atoms with Crippen LogP contribution in [-0.2, 0) is 11.7 Å². The van der Waals surface area contributed by atoms with Gasteiger partial charge in [0.25, 0.3) is 0 Å². The average Bonchev–Trinajstić information content (AvgIpc) is 1.95. The van der Waals surface area contributed by atoms with Gasteiger partial charge in [-0.1, -0.05) is 6.07 Å². The van der Waals surface area contributed by atoms with Crippen LogP contribution in [0.25, 0.3) is 0 Å². The lowest BCUT2D eigenvalue weighted by Gasteiger charge is -1.98. The second kappa shape index (κ2) is 2.80. The molecular weight excluding hydrogens is 126 g/mol. The Hall–Kier alpha value is -0.890. The van der Waals surface area contributed by atoms with Crippen molar-refractivity contribution in [2.45, 2.75) is 20.5 Å². The van der Waals surface area contributed by atoms with Crippen molar-refractivity contribution in [3.63, 3.8) is 0 Å². The van der Waals surface area contributed by atoms with Gasteiger partial charge >= 0.3 is 0 Å². The Balaban J connectivity index is 3.04. The van der Waals surface area contributed by atoms with Gasteiger partial charge in [0.15, 0.2) is 0 Å². The van der Waals surface area contributed by atoms with E-state index >= 15 is 0 Å². The van der Waals surface area contributed by atoms with Crippen molar-refractivity contribution in [1.29, 1.82) is 0 Å². The molecule has 0 saturated carbocycles. The van der Waals surface area contributed by atoms with Gasteiger partial charge in [-0.25, -0.2) is 5.11 Å². The molecule has 0 amide bonds. The summed E-state index contributed by atoms with van der Waals surface area (Å²) in [6.07, 6.45) is 0. The maximum absolute atomic E-state index is 10.3. The van der Waals surface area contributed by atoms with E-state index < -0.39 is 0 Å². The zero-order valence-electron chi connectivity index (χ0n) is 6.22. The Morgan fingerprint density at radius 1 is 1.40 bits per heavy atom. The number of rotatable bonds is 1. The Labute approximate surface area is 60.5 Å². The highest BCUT2D eigenvalue weighted by Gasteiger charge is 1.95. The third-order valence-electron chi connectivity index (χ3n) is 1.56. The molecule has 0 aliphatic heterocycles. The quantitative estimate of drug-likeness (QED) is 0.577. The van der Waals surface area contributed by atoms with Gasteiger partial charge in [-0.3, -0.25) is 4.98 Å². The molecule has 0 spiro atoms. The minimum atomic E-state index is -0.221. The van der Waals surface area contributed by atoms with Crippen molar-refractivity contribution >= 4 is 0 Å². The number of nitrogens with zero attached hydrogens (tertiary/aromatic N) is 1. The summed E-state index contributed by atoms with van der Waals surface area (Å²) >= 11 is 0. The molecule has 0 atom stereocenters. The van der Waals surface area contributed by atoms with Gasteiger partial charge in [-0.2, -0.15) is 0 Å². The summed E-state index contributed by atoms with van der Waals surface area (Å²) in [5.41, 5.74) is 2.72. The minimum Gasteiger partial charge on any atom is -0.255 e. The van der Waals surface area contributed by atoms with Crippen molar-refractivity contribution in [1.82, 2.24) is 4.98 Å². The van der Waals surface area contributed by atoms with E-state index in [4.69, 9.17) is 0 Å². The van der Waals surface area contributed by atoms with Crippen molar-refractivity contribution in [2.75, 3.05) is 0 Å². The largest absolute Gasteiger partial charge is 0.255 e. The first kappa shape index (κ1) is 7.22. The van der Waals surface area contributed by atoms with Gasteiger partial charge in [0.2, 0.25) is 0 Å². The van der Waals surface area contributed by atoms with Crippen LogP contribution in [0, 0.1) is 13.8 Å². The highest BCUT2D eigenvalue weighted by atomic mass is 16.3. The van der Waals surface area contributed by atoms with Crippen LogP contribution in [0.1, 0.15) is 17.0 Å². The Morgan fingerprint density at radius 3 is 2.60 bits per heavy atom. The van der Waals surface area contributed by atoms with Gasteiger partial charge in [-0.05, 0) is 25.5 Å². The fourth-order valence-electron chi connectivity index (χ4n) is 0.763. The van der Waals surface area contributed by atoms with Crippen molar-refractivity contribution in [2.24, 2.45) is 0 Å². The summed E-state index contributed by atoms with van der Waals surface area (Å²) in [4.78, 5) is 4.08. The molecule has 2 heteroatoms. The predicted molar refractivity (Wildman–Crippen MR) is 38.1 cm³/mol.